The van der Waals surface area contributed by atoms with E-state index in [9.17, 15) is 9.59 Å². The number of rotatable bonds is 7. The molecule has 142 valence electrons. The van der Waals surface area contributed by atoms with Gasteiger partial charge in [0.25, 0.3) is 0 Å². The molecule has 0 N–H and O–H groups in total. The minimum absolute atomic E-state index is 0.112. The fourth-order valence-electron chi connectivity index (χ4n) is 4.27. The first-order valence-electron chi connectivity index (χ1n) is 10.1. The van der Waals surface area contributed by atoms with Crippen LogP contribution in [0.2, 0.25) is 0 Å². The van der Waals surface area contributed by atoms with Crippen LogP contribution in [0.1, 0.15) is 57.4 Å². The molecule has 0 spiro atoms. The minimum atomic E-state index is -0.525. The molecule has 1 saturated carbocycles. The molecule has 1 aromatic carbocycles. The van der Waals surface area contributed by atoms with Gasteiger partial charge in [-0.3, -0.25) is 9.59 Å². The van der Waals surface area contributed by atoms with Gasteiger partial charge in [-0.1, -0.05) is 36.8 Å². The van der Waals surface area contributed by atoms with Crippen LogP contribution >= 0.6 is 0 Å². The van der Waals surface area contributed by atoms with Gasteiger partial charge in [-0.05, 0) is 57.4 Å². The van der Waals surface area contributed by atoms with Gasteiger partial charge in [0.1, 0.15) is 0 Å². The number of nitrogens with zero attached hydrogens (tertiary/aromatic N) is 1. The average molecular weight is 357 g/mol. The number of carbonyl (C=O) groups is 2. The smallest absolute Gasteiger partial charge is 0.313 e. The van der Waals surface area contributed by atoms with E-state index in [0.717, 1.165) is 57.9 Å². The highest BCUT2D eigenvalue weighted by molar-refractivity contribution is 5.82. The molecule has 0 radical (unpaired) electrons. The van der Waals surface area contributed by atoms with E-state index >= 15 is 0 Å². The van der Waals surface area contributed by atoms with E-state index in [1.165, 1.54) is 5.56 Å². The van der Waals surface area contributed by atoms with Crippen LogP contribution in [0.25, 0.3) is 0 Å². The molecule has 3 rings (SSSR count). The molecule has 26 heavy (non-hydrogen) atoms. The summed E-state index contributed by atoms with van der Waals surface area (Å²) in [7, 11) is 0. The van der Waals surface area contributed by atoms with Gasteiger partial charge < -0.3 is 9.64 Å². The maximum atomic E-state index is 12.8. The Bertz CT molecular complexity index is 611. The summed E-state index contributed by atoms with van der Waals surface area (Å²) in [5, 5.41) is 0. The summed E-state index contributed by atoms with van der Waals surface area (Å²) >= 11 is 0. The number of aryl methyl sites for hydroxylation is 1. The van der Waals surface area contributed by atoms with E-state index in [1.54, 1.807) is 0 Å². The highest BCUT2D eigenvalue weighted by atomic mass is 16.5. The summed E-state index contributed by atoms with van der Waals surface area (Å²) in [6.45, 7) is 3.58. The maximum Gasteiger partial charge on any atom is 0.313 e. The second-order valence-corrected chi connectivity index (χ2v) is 7.83. The number of carbonyl (C=O) groups excluding carboxylic acids is 2. The third-order valence-electron chi connectivity index (χ3n) is 6.02. The monoisotopic (exact) mass is 357 g/mol. The molecular weight excluding hydrogens is 326 g/mol. The number of piperidine rings is 1. The lowest BCUT2D eigenvalue weighted by molar-refractivity contribution is -0.162. The van der Waals surface area contributed by atoms with Crippen molar-refractivity contribution in [3.63, 3.8) is 0 Å². The second-order valence-electron chi connectivity index (χ2n) is 7.83. The third-order valence-corrected chi connectivity index (χ3v) is 6.02. The summed E-state index contributed by atoms with van der Waals surface area (Å²) < 4.78 is 5.44. The molecule has 1 amide bonds. The molecule has 0 bridgehead atoms. The Morgan fingerprint density at radius 3 is 2.62 bits per heavy atom. The minimum Gasteiger partial charge on any atom is -0.466 e. The lowest BCUT2D eigenvalue weighted by atomic mass is 9.74. The lowest BCUT2D eigenvalue weighted by Crippen LogP contribution is -2.52. The first-order valence-corrected chi connectivity index (χ1v) is 10.1. The van der Waals surface area contributed by atoms with Crippen LogP contribution in [-0.2, 0) is 20.7 Å². The van der Waals surface area contributed by atoms with Crippen LogP contribution in [-0.4, -0.2) is 36.5 Å². The van der Waals surface area contributed by atoms with E-state index in [1.807, 2.05) is 17.9 Å². The number of amides is 1. The zero-order valence-electron chi connectivity index (χ0n) is 15.9. The van der Waals surface area contributed by atoms with Crippen molar-refractivity contribution < 1.29 is 14.3 Å². The van der Waals surface area contributed by atoms with Gasteiger partial charge in [0, 0.05) is 19.0 Å². The van der Waals surface area contributed by atoms with Crippen molar-refractivity contribution in [2.75, 3.05) is 19.7 Å². The van der Waals surface area contributed by atoms with Gasteiger partial charge in [0.15, 0.2) is 0 Å². The molecule has 1 atom stereocenters. The molecule has 2 aliphatic rings. The number of likely N-dealkylation sites (tertiary alicyclic amines) is 1. The molecule has 0 aromatic heterocycles. The van der Waals surface area contributed by atoms with E-state index in [0.29, 0.717) is 13.2 Å². The summed E-state index contributed by atoms with van der Waals surface area (Å²) in [4.78, 5) is 27.5. The van der Waals surface area contributed by atoms with Crippen LogP contribution in [0.15, 0.2) is 30.3 Å². The number of hydrogen-bond acceptors (Lipinski definition) is 3. The highest BCUT2D eigenvalue weighted by Crippen LogP contribution is 2.38. The van der Waals surface area contributed by atoms with Gasteiger partial charge in [-0.15, -0.1) is 0 Å². The quantitative estimate of drug-likeness (QED) is 0.694. The van der Waals surface area contributed by atoms with Crippen LogP contribution in [0.5, 0.6) is 0 Å². The van der Waals surface area contributed by atoms with Gasteiger partial charge >= 0.3 is 5.97 Å². The normalized spacial score (nSPS) is 23.3. The average Bonchev–Trinajstić information content (AvgIpc) is 2.61. The summed E-state index contributed by atoms with van der Waals surface area (Å²) in [5.74, 6) is 0.337. The van der Waals surface area contributed by atoms with Crippen LogP contribution in [0, 0.1) is 11.3 Å². The molecule has 2 fully saturated rings. The summed E-state index contributed by atoms with van der Waals surface area (Å²) in [6, 6.07) is 10.4. The van der Waals surface area contributed by atoms with Crippen molar-refractivity contribution in [1.82, 2.24) is 4.90 Å². The fourth-order valence-corrected chi connectivity index (χ4v) is 4.27. The van der Waals surface area contributed by atoms with Crippen molar-refractivity contribution in [1.29, 1.82) is 0 Å². The Morgan fingerprint density at radius 1 is 1.19 bits per heavy atom. The first kappa shape index (κ1) is 18.9. The Labute approximate surface area is 156 Å². The molecule has 4 nitrogen and oxygen atoms in total. The van der Waals surface area contributed by atoms with Gasteiger partial charge in [0.2, 0.25) is 5.91 Å². The number of hydrogen-bond donors (Lipinski definition) is 0. The van der Waals surface area contributed by atoms with Gasteiger partial charge in [-0.25, -0.2) is 0 Å². The standard InChI is InChI=1S/C22H31NO3/c1-2-26-21(25)22(14-7-11-18-9-4-3-5-10-18)15-8-16-23(17-22)20(24)19-12-6-13-19/h3-5,9-10,19H,2,6-8,11-17H2,1H3/t22-/m1/s1. The Hall–Kier alpha value is -1.84. The predicted molar refractivity (Wildman–Crippen MR) is 102 cm³/mol. The van der Waals surface area contributed by atoms with Gasteiger partial charge in [-0.2, -0.15) is 0 Å². The third kappa shape index (κ3) is 4.28. The van der Waals surface area contributed by atoms with Crippen molar-refractivity contribution in [3.05, 3.63) is 35.9 Å². The van der Waals surface area contributed by atoms with Crippen molar-refractivity contribution in [2.45, 2.75) is 58.3 Å². The Morgan fingerprint density at radius 2 is 1.96 bits per heavy atom. The van der Waals surface area contributed by atoms with E-state index in [-0.39, 0.29) is 17.8 Å². The van der Waals surface area contributed by atoms with Crippen LogP contribution < -0.4 is 0 Å². The largest absolute Gasteiger partial charge is 0.466 e. The first-order chi connectivity index (χ1) is 12.6. The molecular formula is C22H31NO3. The van der Waals surface area contributed by atoms with E-state index in [2.05, 4.69) is 24.3 Å². The number of esters is 1. The maximum absolute atomic E-state index is 12.8. The fraction of sp³-hybridized carbons (Fsp3) is 0.636. The number of ether oxygens (including phenoxy) is 1. The van der Waals surface area contributed by atoms with Crippen LogP contribution in [0.3, 0.4) is 0 Å². The zero-order valence-corrected chi connectivity index (χ0v) is 15.9. The van der Waals surface area contributed by atoms with Crippen molar-refractivity contribution in [2.24, 2.45) is 11.3 Å². The molecule has 1 heterocycles. The zero-order chi connectivity index (χ0) is 18.4. The lowest BCUT2D eigenvalue weighted by Gasteiger charge is -2.43. The molecule has 4 heteroatoms. The summed E-state index contributed by atoms with van der Waals surface area (Å²) in [6.07, 6.45) is 7.58. The Balaban J connectivity index is 1.66. The van der Waals surface area contributed by atoms with Crippen molar-refractivity contribution >= 4 is 11.9 Å². The number of benzene rings is 1. The summed E-state index contributed by atoms with van der Waals surface area (Å²) in [5.41, 5.74) is 0.771. The molecule has 1 aliphatic carbocycles. The highest BCUT2D eigenvalue weighted by Gasteiger charge is 2.45. The van der Waals surface area contributed by atoms with E-state index < -0.39 is 5.41 Å². The molecule has 0 unspecified atom stereocenters. The van der Waals surface area contributed by atoms with Crippen molar-refractivity contribution in [3.8, 4) is 0 Å². The van der Waals surface area contributed by atoms with Gasteiger partial charge in [0.05, 0.1) is 12.0 Å². The molecule has 1 aliphatic heterocycles. The molecule has 1 aromatic rings. The molecule has 1 saturated heterocycles. The van der Waals surface area contributed by atoms with E-state index in [4.69, 9.17) is 4.74 Å². The second kappa shape index (κ2) is 8.70. The SMILES string of the molecule is CCOC(=O)[C@]1(CCCc2ccccc2)CCCN(C(=O)C2CCC2)C1. The Kier molecular flexibility index (Phi) is 6.33. The topological polar surface area (TPSA) is 46.6 Å². The van der Waals surface area contributed by atoms with Crippen LogP contribution in [0.4, 0.5) is 0 Å². The predicted octanol–water partition coefficient (Wildman–Crippen LogP) is 3.98.